The molecule has 3 heteroatoms. The van der Waals surface area contributed by atoms with Crippen molar-refractivity contribution < 1.29 is 4.74 Å². The number of hydrogen-bond donors (Lipinski definition) is 0. The lowest BCUT2D eigenvalue weighted by Crippen LogP contribution is -1.97. The normalized spacial score (nSPS) is 10.8. The molecule has 0 radical (unpaired) electrons. The second kappa shape index (κ2) is 3.33. The summed E-state index contributed by atoms with van der Waals surface area (Å²) in [5.74, 6) is 0.845. The van der Waals surface area contributed by atoms with Crippen molar-refractivity contribution in [2.75, 3.05) is 7.11 Å². The molecular weight excluding hydrogens is 176 g/mol. The SMILES string of the molecule is CCn1nc2c(OC)cccc2c1C. The Bertz CT molecular complexity index is 460. The topological polar surface area (TPSA) is 27.1 Å². The van der Waals surface area contributed by atoms with Crippen LogP contribution in [0, 0.1) is 6.92 Å². The van der Waals surface area contributed by atoms with E-state index < -0.39 is 0 Å². The smallest absolute Gasteiger partial charge is 0.146 e. The van der Waals surface area contributed by atoms with Crippen molar-refractivity contribution in [2.24, 2.45) is 0 Å². The minimum atomic E-state index is 0.845. The maximum absolute atomic E-state index is 5.26. The van der Waals surface area contributed by atoms with Gasteiger partial charge in [-0.1, -0.05) is 12.1 Å². The third-order valence-corrected chi connectivity index (χ3v) is 2.52. The summed E-state index contributed by atoms with van der Waals surface area (Å²) in [6.07, 6.45) is 0. The lowest BCUT2D eigenvalue weighted by molar-refractivity contribution is 0.418. The Balaban J connectivity index is 2.77. The van der Waals surface area contributed by atoms with Gasteiger partial charge in [0, 0.05) is 17.6 Å². The summed E-state index contributed by atoms with van der Waals surface area (Å²) in [6.45, 7) is 5.06. The van der Waals surface area contributed by atoms with Crippen LogP contribution in [0.4, 0.5) is 0 Å². The number of fused-ring (bicyclic) bond motifs is 1. The van der Waals surface area contributed by atoms with Gasteiger partial charge in [-0.25, -0.2) is 0 Å². The van der Waals surface area contributed by atoms with Gasteiger partial charge in [-0.2, -0.15) is 5.10 Å². The first-order valence-electron chi connectivity index (χ1n) is 4.78. The van der Waals surface area contributed by atoms with Crippen molar-refractivity contribution in [1.82, 2.24) is 9.78 Å². The molecule has 0 bridgehead atoms. The van der Waals surface area contributed by atoms with Crippen LogP contribution in [-0.2, 0) is 6.54 Å². The zero-order chi connectivity index (χ0) is 10.1. The van der Waals surface area contributed by atoms with Crippen LogP contribution in [0.5, 0.6) is 5.75 Å². The van der Waals surface area contributed by atoms with Crippen LogP contribution in [0.1, 0.15) is 12.6 Å². The summed E-state index contributed by atoms with van der Waals surface area (Å²) in [4.78, 5) is 0. The van der Waals surface area contributed by atoms with Gasteiger partial charge in [0.25, 0.3) is 0 Å². The van der Waals surface area contributed by atoms with Crippen LogP contribution in [-0.4, -0.2) is 16.9 Å². The number of hydrogen-bond acceptors (Lipinski definition) is 2. The van der Waals surface area contributed by atoms with Crippen LogP contribution in [0.25, 0.3) is 10.9 Å². The van der Waals surface area contributed by atoms with Crippen molar-refractivity contribution in [3.63, 3.8) is 0 Å². The van der Waals surface area contributed by atoms with E-state index in [-0.39, 0.29) is 0 Å². The van der Waals surface area contributed by atoms with Gasteiger partial charge in [0.2, 0.25) is 0 Å². The van der Waals surface area contributed by atoms with Gasteiger partial charge in [-0.3, -0.25) is 4.68 Å². The van der Waals surface area contributed by atoms with Crippen molar-refractivity contribution in [1.29, 1.82) is 0 Å². The molecule has 0 aliphatic heterocycles. The van der Waals surface area contributed by atoms with E-state index >= 15 is 0 Å². The number of methoxy groups -OCH3 is 1. The molecule has 0 unspecified atom stereocenters. The first-order chi connectivity index (χ1) is 6.77. The first-order valence-corrected chi connectivity index (χ1v) is 4.78. The van der Waals surface area contributed by atoms with E-state index in [0.29, 0.717) is 0 Å². The highest BCUT2D eigenvalue weighted by atomic mass is 16.5. The van der Waals surface area contributed by atoms with Gasteiger partial charge in [0.05, 0.1) is 7.11 Å². The Morgan fingerprint density at radius 1 is 1.43 bits per heavy atom. The van der Waals surface area contributed by atoms with E-state index in [9.17, 15) is 0 Å². The van der Waals surface area contributed by atoms with E-state index in [1.807, 2.05) is 16.8 Å². The van der Waals surface area contributed by atoms with Crippen LogP contribution in [0.3, 0.4) is 0 Å². The molecular formula is C11H14N2O. The number of rotatable bonds is 2. The lowest BCUT2D eigenvalue weighted by atomic mass is 10.2. The summed E-state index contributed by atoms with van der Waals surface area (Å²) in [5, 5.41) is 5.67. The zero-order valence-corrected chi connectivity index (χ0v) is 8.74. The fraction of sp³-hybridized carbons (Fsp3) is 0.364. The summed E-state index contributed by atoms with van der Waals surface area (Å²) in [7, 11) is 1.68. The summed E-state index contributed by atoms with van der Waals surface area (Å²) in [6, 6.07) is 6.01. The maximum atomic E-state index is 5.26. The van der Waals surface area contributed by atoms with Crippen molar-refractivity contribution in [3.8, 4) is 5.75 Å². The molecule has 74 valence electrons. The predicted octanol–water partition coefficient (Wildman–Crippen LogP) is 2.37. The summed E-state index contributed by atoms with van der Waals surface area (Å²) < 4.78 is 7.26. The largest absolute Gasteiger partial charge is 0.494 e. The molecule has 3 nitrogen and oxygen atoms in total. The monoisotopic (exact) mass is 190 g/mol. The third kappa shape index (κ3) is 1.16. The molecule has 0 atom stereocenters. The Morgan fingerprint density at radius 3 is 2.86 bits per heavy atom. The molecule has 0 fully saturated rings. The lowest BCUT2D eigenvalue weighted by Gasteiger charge is -1.98. The van der Waals surface area contributed by atoms with Gasteiger partial charge >= 0.3 is 0 Å². The van der Waals surface area contributed by atoms with Gasteiger partial charge < -0.3 is 4.74 Å². The molecule has 1 aromatic heterocycles. The molecule has 0 N–H and O–H groups in total. The maximum Gasteiger partial charge on any atom is 0.146 e. The average molecular weight is 190 g/mol. The van der Waals surface area contributed by atoms with E-state index in [1.165, 1.54) is 11.1 Å². The molecule has 2 rings (SSSR count). The minimum Gasteiger partial charge on any atom is -0.494 e. The quantitative estimate of drug-likeness (QED) is 0.727. The molecule has 0 aliphatic rings. The molecule has 2 aromatic rings. The van der Waals surface area contributed by atoms with Crippen LogP contribution >= 0.6 is 0 Å². The molecule has 0 spiro atoms. The van der Waals surface area contributed by atoms with E-state index in [4.69, 9.17) is 4.74 Å². The van der Waals surface area contributed by atoms with Crippen molar-refractivity contribution in [3.05, 3.63) is 23.9 Å². The van der Waals surface area contributed by atoms with E-state index in [2.05, 4.69) is 25.0 Å². The predicted molar refractivity (Wildman–Crippen MR) is 56.7 cm³/mol. The second-order valence-electron chi connectivity index (χ2n) is 3.26. The fourth-order valence-corrected chi connectivity index (χ4v) is 1.72. The summed E-state index contributed by atoms with van der Waals surface area (Å²) >= 11 is 0. The third-order valence-electron chi connectivity index (χ3n) is 2.52. The highest BCUT2D eigenvalue weighted by molar-refractivity contribution is 5.86. The van der Waals surface area contributed by atoms with Crippen LogP contribution in [0.2, 0.25) is 0 Å². The Kier molecular flexibility index (Phi) is 2.15. The van der Waals surface area contributed by atoms with Crippen molar-refractivity contribution >= 4 is 10.9 Å². The summed E-state index contributed by atoms with van der Waals surface area (Å²) in [5.41, 5.74) is 2.15. The Morgan fingerprint density at radius 2 is 2.21 bits per heavy atom. The van der Waals surface area contributed by atoms with Gasteiger partial charge in [-0.05, 0) is 19.9 Å². The molecule has 1 heterocycles. The average Bonchev–Trinajstić information content (AvgIpc) is 2.55. The molecule has 0 saturated heterocycles. The van der Waals surface area contributed by atoms with Gasteiger partial charge in [-0.15, -0.1) is 0 Å². The molecule has 1 aromatic carbocycles. The zero-order valence-electron chi connectivity index (χ0n) is 8.74. The number of benzene rings is 1. The standard InChI is InChI=1S/C11H14N2O/c1-4-13-8(2)9-6-5-7-10(14-3)11(9)12-13/h5-7H,4H2,1-3H3. The van der Waals surface area contributed by atoms with Gasteiger partial charge in [0.1, 0.15) is 11.3 Å². The van der Waals surface area contributed by atoms with Crippen LogP contribution < -0.4 is 4.74 Å². The number of nitrogens with zero attached hydrogens (tertiary/aromatic N) is 2. The Hall–Kier alpha value is -1.51. The highest BCUT2D eigenvalue weighted by Gasteiger charge is 2.09. The molecule has 0 saturated carbocycles. The number of aromatic nitrogens is 2. The molecule has 0 amide bonds. The van der Waals surface area contributed by atoms with Crippen molar-refractivity contribution in [2.45, 2.75) is 20.4 Å². The fourth-order valence-electron chi connectivity index (χ4n) is 1.72. The second-order valence-corrected chi connectivity index (χ2v) is 3.26. The number of aryl methyl sites for hydroxylation is 2. The van der Waals surface area contributed by atoms with Crippen LogP contribution in [0.15, 0.2) is 18.2 Å². The Labute approximate surface area is 83.3 Å². The molecule has 0 aliphatic carbocycles. The van der Waals surface area contributed by atoms with E-state index in [0.717, 1.165) is 17.8 Å². The number of ether oxygens (including phenoxy) is 1. The highest BCUT2D eigenvalue weighted by Crippen LogP contribution is 2.26. The molecule has 14 heavy (non-hydrogen) atoms. The first kappa shape index (κ1) is 9.06. The van der Waals surface area contributed by atoms with Gasteiger partial charge in [0.15, 0.2) is 0 Å². The van der Waals surface area contributed by atoms with E-state index in [1.54, 1.807) is 7.11 Å². The minimum absolute atomic E-state index is 0.845.